The minimum atomic E-state index is -1.34. The number of aromatic carboxylic acids is 2. The van der Waals surface area contributed by atoms with Crippen LogP contribution in [-0.4, -0.2) is 56.5 Å². The number of carbonyl (C=O) groups is 4. The molecule has 2 aromatic heterocycles. The predicted molar refractivity (Wildman–Crippen MR) is 142 cm³/mol. The number of nitrogens with zero attached hydrogens (tertiary/aromatic N) is 4. The Balaban J connectivity index is 0.000000280. The molecule has 2 aliphatic rings. The molecule has 2 aromatic rings. The van der Waals surface area contributed by atoms with Crippen molar-refractivity contribution in [1.29, 1.82) is 0 Å². The summed E-state index contributed by atoms with van der Waals surface area (Å²) in [5.74, 6) is -2.86. The molecule has 2 N–H and O–H groups in total. The quantitative estimate of drug-likeness (QED) is 0.434. The van der Waals surface area contributed by atoms with Gasteiger partial charge in [0, 0.05) is 23.5 Å². The van der Waals surface area contributed by atoms with E-state index >= 15 is 0 Å². The number of carbonyl (C=O) groups excluding carboxylic acids is 4. The van der Waals surface area contributed by atoms with Crippen LogP contribution >= 0.6 is 0 Å². The summed E-state index contributed by atoms with van der Waals surface area (Å²) in [6.45, 7) is 14.4. The van der Waals surface area contributed by atoms with E-state index in [2.05, 4.69) is 30.6 Å². The number of pyridine rings is 2. The van der Waals surface area contributed by atoms with E-state index in [1.54, 1.807) is 27.7 Å². The molecule has 0 spiro atoms. The molecule has 2 aliphatic heterocycles. The Morgan fingerprint density at radius 3 is 1.29 bits per heavy atom. The average molecular weight is 604 g/mol. The zero-order valence-corrected chi connectivity index (χ0v) is 25.2. The second-order valence-corrected chi connectivity index (χ2v) is 10.8. The van der Waals surface area contributed by atoms with E-state index in [0.29, 0.717) is 11.1 Å². The summed E-state index contributed by atoms with van der Waals surface area (Å²) in [6, 6.07) is 2.91. The molecule has 0 saturated carbocycles. The van der Waals surface area contributed by atoms with Gasteiger partial charge in [-0.25, -0.2) is 9.98 Å². The van der Waals surface area contributed by atoms with Gasteiger partial charge in [0.25, 0.3) is 11.8 Å². The Morgan fingerprint density at radius 1 is 0.732 bits per heavy atom. The van der Waals surface area contributed by atoms with E-state index in [0.717, 1.165) is 0 Å². The number of aliphatic imine (C=N–C) groups is 2. The SMILES string of the molecule is Cc1cnc(C2=NC(C)(C(C)C)C(=O)N2)c(C(=O)[O-])c1.Cc1cnc(C2=NC(C)(C(C)C)C(=O)N2)c(C(=O)[O-])c1.[Fe+2]. The first kappa shape index (κ1) is 33.2. The summed E-state index contributed by atoms with van der Waals surface area (Å²) in [4.78, 5) is 63.3. The monoisotopic (exact) mass is 604 g/mol. The van der Waals surface area contributed by atoms with Gasteiger partial charge in [-0.3, -0.25) is 19.6 Å². The number of hydrogen-bond acceptors (Lipinski definition) is 10. The summed E-state index contributed by atoms with van der Waals surface area (Å²) < 4.78 is 0. The normalized spacial score (nSPS) is 21.3. The average Bonchev–Trinajstić information content (AvgIpc) is 3.35. The van der Waals surface area contributed by atoms with Crippen molar-refractivity contribution in [1.82, 2.24) is 20.6 Å². The van der Waals surface area contributed by atoms with Crippen molar-refractivity contribution < 1.29 is 46.5 Å². The van der Waals surface area contributed by atoms with Crippen LogP contribution in [0.1, 0.15) is 84.8 Å². The number of amidine groups is 2. The molecule has 4 heterocycles. The van der Waals surface area contributed by atoms with Gasteiger partial charge in [-0.1, -0.05) is 27.7 Å². The minimum Gasteiger partial charge on any atom is -0.545 e. The van der Waals surface area contributed by atoms with E-state index in [1.165, 1.54) is 24.5 Å². The van der Waals surface area contributed by atoms with Gasteiger partial charge in [-0.15, -0.1) is 0 Å². The molecule has 0 saturated heterocycles. The van der Waals surface area contributed by atoms with Gasteiger partial charge in [0.1, 0.15) is 22.5 Å². The molecular weight excluding hydrogens is 572 g/mol. The maximum absolute atomic E-state index is 12.1. The van der Waals surface area contributed by atoms with Crippen LogP contribution in [0.25, 0.3) is 0 Å². The molecule has 13 heteroatoms. The maximum Gasteiger partial charge on any atom is 2.00 e. The summed E-state index contributed by atoms with van der Waals surface area (Å²) in [7, 11) is 0. The third-order valence-electron chi connectivity index (χ3n) is 7.26. The summed E-state index contributed by atoms with van der Waals surface area (Å²) in [5, 5.41) is 27.6. The number of aromatic nitrogens is 2. The van der Waals surface area contributed by atoms with Gasteiger partial charge >= 0.3 is 17.1 Å². The third kappa shape index (κ3) is 6.52. The largest absolute Gasteiger partial charge is 2.00 e. The molecule has 0 fully saturated rings. The molecule has 12 nitrogen and oxygen atoms in total. The van der Waals surface area contributed by atoms with Gasteiger partial charge in [0.15, 0.2) is 11.7 Å². The number of nitrogens with one attached hydrogen (secondary N) is 2. The first-order chi connectivity index (χ1) is 18.5. The van der Waals surface area contributed by atoms with Crippen LogP contribution in [0, 0.1) is 25.7 Å². The van der Waals surface area contributed by atoms with E-state index in [9.17, 15) is 29.4 Å². The molecule has 2 unspecified atom stereocenters. The molecule has 218 valence electrons. The van der Waals surface area contributed by atoms with Crippen LogP contribution in [0.2, 0.25) is 0 Å². The molecule has 0 aromatic carbocycles. The molecule has 2 atom stereocenters. The van der Waals surface area contributed by atoms with Crippen molar-refractivity contribution >= 4 is 35.4 Å². The van der Waals surface area contributed by atoms with Crippen LogP contribution < -0.4 is 20.8 Å². The van der Waals surface area contributed by atoms with E-state index in [4.69, 9.17) is 0 Å². The molecule has 0 bridgehead atoms. The first-order valence-electron chi connectivity index (χ1n) is 12.7. The number of carboxylic acid groups (broad SMARTS) is 2. The van der Waals surface area contributed by atoms with Crippen LogP contribution in [0.15, 0.2) is 34.5 Å². The number of amides is 2. The zero-order valence-electron chi connectivity index (χ0n) is 24.1. The predicted octanol–water partition coefficient (Wildman–Crippen LogP) is 0.0867. The second-order valence-electron chi connectivity index (χ2n) is 10.8. The van der Waals surface area contributed by atoms with E-state index < -0.39 is 23.0 Å². The van der Waals surface area contributed by atoms with Crippen molar-refractivity contribution in [2.45, 2.75) is 66.5 Å². The van der Waals surface area contributed by atoms with Gasteiger partial charge < -0.3 is 30.4 Å². The molecule has 2 amide bonds. The minimum absolute atomic E-state index is 0. The number of aryl methyl sites for hydroxylation is 2. The maximum atomic E-state index is 12.1. The summed E-state index contributed by atoms with van der Waals surface area (Å²) >= 11 is 0. The number of rotatable bonds is 6. The van der Waals surface area contributed by atoms with Gasteiger partial charge in [0.2, 0.25) is 0 Å². The topological polar surface area (TPSA) is 189 Å². The van der Waals surface area contributed by atoms with Gasteiger partial charge in [-0.2, -0.15) is 0 Å². The second kappa shape index (κ2) is 12.3. The molecule has 0 radical (unpaired) electrons. The third-order valence-corrected chi connectivity index (χ3v) is 7.26. The van der Waals surface area contributed by atoms with Crippen LogP contribution in [0.3, 0.4) is 0 Å². The molecule has 41 heavy (non-hydrogen) atoms. The first-order valence-corrected chi connectivity index (χ1v) is 12.7. The molecule has 4 rings (SSSR count). The molecular formula is C28H32FeN6O6. The fourth-order valence-electron chi connectivity index (χ4n) is 3.92. The summed E-state index contributed by atoms with van der Waals surface area (Å²) in [6.07, 6.45) is 3.06. The Bertz CT molecular complexity index is 1360. The van der Waals surface area contributed by atoms with Crippen LogP contribution in [0.4, 0.5) is 0 Å². The fourth-order valence-corrected chi connectivity index (χ4v) is 3.92. The van der Waals surface area contributed by atoms with E-state index in [-0.39, 0.29) is 74.9 Å². The van der Waals surface area contributed by atoms with Gasteiger partial charge in [-0.05, 0) is 62.8 Å². The Labute approximate surface area is 248 Å². The molecule has 0 aliphatic carbocycles. The van der Waals surface area contributed by atoms with Crippen molar-refractivity contribution in [3.63, 3.8) is 0 Å². The zero-order chi connectivity index (χ0) is 30.2. The van der Waals surface area contributed by atoms with Crippen molar-refractivity contribution in [2.24, 2.45) is 21.8 Å². The van der Waals surface area contributed by atoms with Gasteiger partial charge in [0.05, 0.1) is 11.9 Å². The Kier molecular flexibility index (Phi) is 9.95. The number of carboxylic acids is 2. The van der Waals surface area contributed by atoms with Crippen molar-refractivity contribution in [3.05, 3.63) is 58.2 Å². The Morgan fingerprint density at radius 2 is 1.05 bits per heavy atom. The summed E-state index contributed by atoms with van der Waals surface area (Å²) in [5.41, 5.74) is -0.305. The van der Waals surface area contributed by atoms with Crippen molar-refractivity contribution in [3.8, 4) is 0 Å². The number of hydrogen-bond donors (Lipinski definition) is 2. The standard InChI is InChI=1S/2C14H17N3O3.Fe/c2*1-7(2)14(4)13(20)16-11(17-14)10-9(12(18)19)5-8(3)6-15-10;/h2*5-7H,1-4H3,(H,18,19)(H,16,17,20);/q;;+2/p-2. The van der Waals surface area contributed by atoms with Crippen LogP contribution in [-0.2, 0) is 26.7 Å². The Hall–Kier alpha value is -3.96. The van der Waals surface area contributed by atoms with E-state index in [1.807, 2.05) is 27.7 Å². The van der Waals surface area contributed by atoms with Crippen LogP contribution in [0.5, 0.6) is 0 Å². The smallest absolute Gasteiger partial charge is 0.545 e. The van der Waals surface area contributed by atoms with Crippen molar-refractivity contribution in [2.75, 3.05) is 0 Å². The fraction of sp³-hybridized carbons (Fsp3) is 0.429.